The molecule has 1 aliphatic heterocycles. The SMILES string of the molecule is CC(F)(F)C1=CCC=CC(COCC2CCCN2c2ccnc3ncnn23)=C1. The van der Waals surface area contributed by atoms with Crippen LogP contribution in [0, 0.1) is 0 Å². The summed E-state index contributed by atoms with van der Waals surface area (Å²) in [5.41, 5.74) is 0.807. The Kier molecular flexibility index (Phi) is 5.21. The monoisotopic (exact) mass is 387 g/mol. The van der Waals surface area contributed by atoms with Gasteiger partial charge >= 0.3 is 0 Å². The zero-order valence-corrected chi connectivity index (χ0v) is 15.8. The van der Waals surface area contributed by atoms with Crippen molar-refractivity contribution in [2.75, 3.05) is 24.7 Å². The quantitative estimate of drug-likeness (QED) is 0.758. The number of alkyl halides is 2. The number of ether oxygens (including phenoxy) is 1. The summed E-state index contributed by atoms with van der Waals surface area (Å²) < 4.78 is 35.0. The molecule has 2 aliphatic rings. The van der Waals surface area contributed by atoms with Crippen molar-refractivity contribution in [2.24, 2.45) is 0 Å². The molecule has 28 heavy (non-hydrogen) atoms. The molecule has 0 radical (unpaired) electrons. The smallest absolute Gasteiger partial charge is 0.270 e. The van der Waals surface area contributed by atoms with Crippen LogP contribution < -0.4 is 4.90 Å². The van der Waals surface area contributed by atoms with Gasteiger partial charge in [0.15, 0.2) is 0 Å². The third kappa shape index (κ3) is 3.96. The van der Waals surface area contributed by atoms with E-state index in [2.05, 4.69) is 20.0 Å². The van der Waals surface area contributed by atoms with Crippen LogP contribution >= 0.6 is 0 Å². The lowest BCUT2D eigenvalue weighted by molar-refractivity contribution is 0.0669. The van der Waals surface area contributed by atoms with Crippen LogP contribution in [0.3, 0.4) is 0 Å². The van der Waals surface area contributed by atoms with E-state index < -0.39 is 5.92 Å². The Bertz CT molecular complexity index is 928. The summed E-state index contributed by atoms with van der Waals surface area (Å²) in [6, 6.07) is 2.13. The number of hydrogen-bond donors (Lipinski definition) is 0. The number of allylic oxidation sites excluding steroid dienone is 4. The fraction of sp³-hybridized carbons (Fsp3) is 0.450. The molecule has 1 aliphatic carbocycles. The highest BCUT2D eigenvalue weighted by Crippen LogP contribution is 2.28. The van der Waals surface area contributed by atoms with E-state index >= 15 is 0 Å². The van der Waals surface area contributed by atoms with Crippen molar-refractivity contribution < 1.29 is 13.5 Å². The average molecular weight is 387 g/mol. The second kappa shape index (κ2) is 7.79. The van der Waals surface area contributed by atoms with Crippen LogP contribution in [0.4, 0.5) is 14.6 Å². The van der Waals surface area contributed by atoms with Gasteiger partial charge in [0.05, 0.1) is 19.3 Å². The lowest BCUT2D eigenvalue weighted by Gasteiger charge is -2.26. The van der Waals surface area contributed by atoms with E-state index in [4.69, 9.17) is 4.74 Å². The maximum Gasteiger partial charge on any atom is 0.270 e. The molecule has 0 amide bonds. The van der Waals surface area contributed by atoms with Crippen LogP contribution in [-0.4, -0.2) is 51.3 Å². The summed E-state index contributed by atoms with van der Waals surface area (Å²) in [5.74, 6) is -1.33. The predicted molar refractivity (Wildman–Crippen MR) is 103 cm³/mol. The van der Waals surface area contributed by atoms with Crippen LogP contribution in [0.1, 0.15) is 26.2 Å². The molecule has 0 N–H and O–H groups in total. The number of anilines is 1. The zero-order valence-electron chi connectivity index (χ0n) is 15.8. The van der Waals surface area contributed by atoms with Crippen LogP contribution in [-0.2, 0) is 4.74 Å². The predicted octanol–water partition coefficient (Wildman–Crippen LogP) is 3.58. The summed E-state index contributed by atoms with van der Waals surface area (Å²) in [4.78, 5) is 10.6. The summed E-state index contributed by atoms with van der Waals surface area (Å²) in [6.07, 6.45) is 12.6. The highest BCUT2D eigenvalue weighted by atomic mass is 19.3. The highest BCUT2D eigenvalue weighted by Gasteiger charge is 2.28. The first-order valence-electron chi connectivity index (χ1n) is 9.47. The molecule has 1 fully saturated rings. The fourth-order valence-electron chi connectivity index (χ4n) is 3.68. The van der Waals surface area contributed by atoms with Gasteiger partial charge in [-0.3, -0.25) is 0 Å². The molecule has 0 aromatic carbocycles. The Balaban J connectivity index is 1.41. The molecule has 1 atom stereocenters. The second-order valence-electron chi connectivity index (χ2n) is 7.18. The van der Waals surface area contributed by atoms with Gasteiger partial charge in [-0.1, -0.05) is 18.2 Å². The Hall–Kier alpha value is -2.61. The number of aromatic nitrogens is 4. The van der Waals surface area contributed by atoms with E-state index in [1.54, 1.807) is 16.8 Å². The van der Waals surface area contributed by atoms with Gasteiger partial charge in [0.2, 0.25) is 0 Å². The lowest BCUT2D eigenvalue weighted by atomic mass is 10.1. The molecule has 8 heteroatoms. The van der Waals surface area contributed by atoms with E-state index in [-0.39, 0.29) is 11.6 Å². The minimum Gasteiger partial charge on any atom is -0.375 e. The maximum absolute atomic E-state index is 13.7. The van der Waals surface area contributed by atoms with Gasteiger partial charge in [-0.15, -0.1) is 0 Å². The highest BCUT2D eigenvalue weighted by molar-refractivity contribution is 5.46. The van der Waals surface area contributed by atoms with Crippen molar-refractivity contribution in [3.63, 3.8) is 0 Å². The molecule has 2 aromatic heterocycles. The van der Waals surface area contributed by atoms with Crippen molar-refractivity contribution in [3.8, 4) is 0 Å². The molecule has 0 bridgehead atoms. The van der Waals surface area contributed by atoms with Gasteiger partial charge in [0.1, 0.15) is 12.1 Å². The minimum absolute atomic E-state index is 0.0453. The Morgan fingerprint density at radius 3 is 3.07 bits per heavy atom. The minimum atomic E-state index is -2.84. The molecular formula is C20H23F2N5O. The normalized spacial score (nSPS) is 20.4. The maximum atomic E-state index is 13.7. The largest absolute Gasteiger partial charge is 0.375 e. The molecule has 2 aromatic rings. The topological polar surface area (TPSA) is 55.5 Å². The van der Waals surface area contributed by atoms with Gasteiger partial charge in [0, 0.05) is 25.2 Å². The van der Waals surface area contributed by atoms with E-state index in [0.717, 1.165) is 37.7 Å². The van der Waals surface area contributed by atoms with E-state index in [0.29, 0.717) is 25.4 Å². The Morgan fingerprint density at radius 1 is 1.32 bits per heavy atom. The Labute approximate surface area is 162 Å². The first-order chi connectivity index (χ1) is 13.5. The molecule has 1 saturated heterocycles. The van der Waals surface area contributed by atoms with Gasteiger partial charge < -0.3 is 9.64 Å². The van der Waals surface area contributed by atoms with Crippen molar-refractivity contribution in [1.29, 1.82) is 0 Å². The summed E-state index contributed by atoms with van der Waals surface area (Å²) in [7, 11) is 0. The number of halogens is 2. The van der Waals surface area contributed by atoms with Crippen LogP contribution in [0.15, 0.2) is 54.0 Å². The first kappa shape index (κ1) is 18.7. The van der Waals surface area contributed by atoms with Crippen LogP contribution in [0.2, 0.25) is 0 Å². The fourth-order valence-corrected chi connectivity index (χ4v) is 3.68. The average Bonchev–Trinajstić information content (AvgIpc) is 3.25. The molecule has 6 nitrogen and oxygen atoms in total. The van der Waals surface area contributed by atoms with Crippen molar-refractivity contribution in [3.05, 3.63) is 54.0 Å². The van der Waals surface area contributed by atoms with Crippen molar-refractivity contribution in [1.82, 2.24) is 19.6 Å². The lowest BCUT2D eigenvalue weighted by Crippen LogP contribution is -2.34. The van der Waals surface area contributed by atoms with E-state index in [9.17, 15) is 8.78 Å². The molecule has 4 rings (SSSR count). The Morgan fingerprint density at radius 2 is 2.21 bits per heavy atom. The third-order valence-corrected chi connectivity index (χ3v) is 5.06. The summed E-state index contributed by atoms with van der Waals surface area (Å²) >= 11 is 0. The van der Waals surface area contributed by atoms with E-state index in [1.165, 1.54) is 12.4 Å². The van der Waals surface area contributed by atoms with Crippen molar-refractivity contribution >= 4 is 11.6 Å². The van der Waals surface area contributed by atoms with Gasteiger partial charge in [-0.25, -0.2) is 13.8 Å². The standard InChI is InChI=1S/C20H23F2N5O/c1-20(21,22)16-6-3-2-5-15(11-16)12-28-13-17-7-4-10-26(17)18-8-9-23-19-24-14-25-27(18)19/h2,5-6,8-9,11,14,17H,3-4,7,10,12-13H2,1H3. The van der Waals surface area contributed by atoms with Crippen molar-refractivity contribution in [2.45, 2.75) is 38.2 Å². The molecule has 1 unspecified atom stereocenters. The number of nitrogens with zero attached hydrogens (tertiary/aromatic N) is 5. The van der Waals surface area contributed by atoms with Crippen LogP contribution in [0.5, 0.6) is 0 Å². The van der Waals surface area contributed by atoms with E-state index in [1.807, 2.05) is 18.2 Å². The molecular weight excluding hydrogens is 364 g/mol. The van der Waals surface area contributed by atoms with Crippen LogP contribution in [0.25, 0.3) is 5.78 Å². The third-order valence-electron chi connectivity index (χ3n) is 5.06. The first-order valence-corrected chi connectivity index (χ1v) is 9.47. The molecule has 3 heterocycles. The summed E-state index contributed by atoms with van der Waals surface area (Å²) in [6.45, 7) is 2.66. The number of hydrogen-bond acceptors (Lipinski definition) is 5. The van der Waals surface area contributed by atoms with Gasteiger partial charge in [-0.05, 0) is 37.0 Å². The molecule has 148 valence electrons. The molecule has 0 spiro atoms. The van der Waals surface area contributed by atoms with Gasteiger partial charge in [-0.2, -0.15) is 14.6 Å². The second-order valence-corrected chi connectivity index (χ2v) is 7.18. The molecule has 0 saturated carbocycles. The summed E-state index contributed by atoms with van der Waals surface area (Å²) in [5, 5.41) is 4.26. The zero-order chi connectivity index (χ0) is 19.6. The number of rotatable bonds is 6. The number of fused-ring (bicyclic) bond motifs is 1. The van der Waals surface area contributed by atoms with Gasteiger partial charge in [0.25, 0.3) is 11.7 Å².